The Balaban J connectivity index is 2.11. The van der Waals surface area contributed by atoms with E-state index in [1.165, 1.54) is 4.41 Å². The van der Waals surface area contributed by atoms with Crippen molar-refractivity contribution in [3.8, 4) is 0 Å². The first kappa shape index (κ1) is 18.4. The second-order valence-electron chi connectivity index (χ2n) is 7.03. The zero-order valence-corrected chi connectivity index (χ0v) is 16.2. The highest BCUT2D eigenvalue weighted by atomic mass is 32.2. The van der Waals surface area contributed by atoms with Gasteiger partial charge in [0.05, 0.1) is 16.1 Å². The van der Waals surface area contributed by atoms with E-state index in [9.17, 15) is 8.42 Å². The van der Waals surface area contributed by atoms with Crippen molar-refractivity contribution in [2.75, 3.05) is 0 Å². The lowest BCUT2D eigenvalue weighted by Crippen LogP contribution is -2.47. The summed E-state index contributed by atoms with van der Waals surface area (Å²) in [6.07, 6.45) is 2.33. The summed E-state index contributed by atoms with van der Waals surface area (Å²) in [5.74, 6) is -0.0623. The highest BCUT2D eigenvalue weighted by Crippen LogP contribution is 2.40. The highest BCUT2D eigenvalue weighted by molar-refractivity contribution is 7.89. The van der Waals surface area contributed by atoms with Gasteiger partial charge in [0.15, 0.2) is 0 Å². The second-order valence-corrected chi connectivity index (χ2v) is 8.80. The Hall–Kier alpha value is -2.40. The Morgan fingerprint density at radius 1 is 1.15 bits per heavy atom. The van der Waals surface area contributed by atoms with Gasteiger partial charge in [-0.25, -0.2) is 0 Å². The van der Waals surface area contributed by atoms with Crippen LogP contribution in [0.1, 0.15) is 31.4 Å². The van der Waals surface area contributed by atoms with E-state index in [1.807, 2.05) is 51.1 Å². The van der Waals surface area contributed by atoms with Crippen LogP contribution in [0.25, 0.3) is 0 Å². The molecule has 0 unspecified atom stereocenters. The lowest BCUT2D eigenvalue weighted by molar-refractivity contribution is 0.193. The van der Waals surface area contributed by atoms with Crippen molar-refractivity contribution in [1.82, 2.24) is 4.41 Å². The van der Waals surface area contributed by atoms with Gasteiger partial charge in [-0.15, -0.1) is 6.58 Å². The van der Waals surface area contributed by atoms with Crippen molar-refractivity contribution in [2.45, 2.75) is 37.6 Å². The van der Waals surface area contributed by atoms with Crippen molar-refractivity contribution in [3.05, 3.63) is 78.4 Å². The number of hydrogen-bond donors (Lipinski definition) is 0. The quantitative estimate of drug-likeness (QED) is 0.736. The van der Waals surface area contributed by atoms with E-state index in [0.717, 1.165) is 16.8 Å². The topological polar surface area (TPSA) is 49.7 Å². The number of hydrazone groups is 1. The number of benzene rings is 2. The van der Waals surface area contributed by atoms with E-state index in [2.05, 4.69) is 11.7 Å². The van der Waals surface area contributed by atoms with Gasteiger partial charge < -0.3 is 0 Å². The number of nitrogens with zero attached hydrogens (tertiary/aromatic N) is 2. The molecular weight excluding hydrogens is 344 g/mol. The normalized spacial score (nSPS) is 21.3. The van der Waals surface area contributed by atoms with E-state index >= 15 is 0 Å². The average Bonchev–Trinajstić information content (AvgIpc) is 3.02. The maximum atomic E-state index is 13.3. The molecule has 0 spiro atoms. The fraction of sp³-hybridized carbons (Fsp3) is 0.286. The van der Waals surface area contributed by atoms with Crippen molar-refractivity contribution in [1.29, 1.82) is 0 Å². The summed E-state index contributed by atoms with van der Waals surface area (Å²) < 4.78 is 28.0. The number of hydrogen-bond acceptors (Lipinski definition) is 3. The van der Waals surface area contributed by atoms with Gasteiger partial charge in [-0.2, -0.15) is 17.9 Å². The van der Waals surface area contributed by atoms with E-state index < -0.39 is 15.6 Å². The largest absolute Gasteiger partial charge is 0.279 e. The van der Waals surface area contributed by atoms with E-state index in [0.29, 0.717) is 6.42 Å². The molecular formula is C21H24N2O2S. The van der Waals surface area contributed by atoms with Crippen LogP contribution in [0.15, 0.2) is 77.2 Å². The Morgan fingerprint density at radius 3 is 2.35 bits per heavy atom. The minimum absolute atomic E-state index is 0.0623. The molecule has 1 heterocycles. The summed E-state index contributed by atoms with van der Waals surface area (Å²) >= 11 is 0. The summed E-state index contributed by atoms with van der Waals surface area (Å²) in [6, 6.07) is 16.6. The maximum Gasteiger partial charge on any atom is 0.279 e. The molecule has 1 aliphatic heterocycles. The van der Waals surface area contributed by atoms with Gasteiger partial charge in [-0.3, -0.25) is 0 Å². The molecule has 2 aromatic carbocycles. The van der Waals surface area contributed by atoms with Crippen LogP contribution in [0.3, 0.4) is 0 Å². The van der Waals surface area contributed by atoms with Crippen LogP contribution >= 0.6 is 0 Å². The molecule has 0 fully saturated rings. The summed E-state index contributed by atoms with van der Waals surface area (Å²) in [5, 5.41) is 4.57. The predicted octanol–water partition coefficient (Wildman–Crippen LogP) is 4.37. The Morgan fingerprint density at radius 2 is 1.77 bits per heavy atom. The van der Waals surface area contributed by atoms with Gasteiger partial charge in [0.25, 0.3) is 10.0 Å². The molecule has 2 atom stereocenters. The highest BCUT2D eigenvalue weighted by Gasteiger charge is 2.48. The number of sulfonamides is 1. The van der Waals surface area contributed by atoms with E-state index in [-0.39, 0.29) is 10.8 Å². The first-order chi connectivity index (χ1) is 12.3. The molecule has 3 rings (SSSR count). The Kier molecular flexibility index (Phi) is 4.76. The van der Waals surface area contributed by atoms with Crippen LogP contribution in [-0.2, 0) is 10.0 Å². The minimum atomic E-state index is -3.76. The monoisotopic (exact) mass is 368 g/mol. The summed E-state index contributed by atoms with van der Waals surface area (Å²) in [6.45, 7) is 9.72. The fourth-order valence-electron chi connectivity index (χ4n) is 3.18. The van der Waals surface area contributed by atoms with Crippen LogP contribution in [0.5, 0.6) is 0 Å². The Labute approximate surface area is 155 Å². The molecule has 0 aromatic heterocycles. The Bertz CT molecular complexity index is 934. The van der Waals surface area contributed by atoms with Gasteiger partial charge in [-0.1, -0.05) is 61.0 Å². The SMILES string of the molecule is C=C[C@@H](C)[C@@]1(C)CC(c2ccccc2)=NN1S(=O)(=O)c1ccc(C)cc1. The molecule has 136 valence electrons. The predicted molar refractivity (Wildman–Crippen MR) is 106 cm³/mol. The molecule has 0 saturated heterocycles. The summed E-state index contributed by atoms with van der Waals surface area (Å²) in [7, 11) is -3.76. The van der Waals surface area contributed by atoms with Crippen molar-refractivity contribution >= 4 is 15.7 Å². The molecule has 4 nitrogen and oxygen atoms in total. The zero-order valence-electron chi connectivity index (χ0n) is 15.4. The van der Waals surface area contributed by atoms with E-state index in [4.69, 9.17) is 0 Å². The molecule has 26 heavy (non-hydrogen) atoms. The third-order valence-electron chi connectivity index (χ3n) is 5.16. The fourth-order valence-corrected chi connectivity index (χ4v) is 4.85. The molecule has 5 heteroatoms. The third-order valence-corrected chi connectivity index (χ3v) is 6.98. The maximum absolute atomic E-state index is 13.3. The molecule has 0 bridgehead atoms. The first-order valence-electron chi connectivity index (χ1n) is 8.66. The van der Waals surface area contributed by atoms with Crippen LogP contribution in [-0.4, -0.2) is 24.1 Å². The second kappa shape index (κ2) is 6.72. The molecule has 0 radical (unpaired) electrons. The van der Waals surface area contributed by atoms with Gasteiger partial charge in [0.2, 0.25) is 0 Å². The standard InChI is InChI=1S/C21H24N2O2S/c1-5-17(3)21(4)15-20(18-9-7-6-8-10-18)22-23(21)26(24,25)19-13-11-16(2)12-14-19/h5-14,17H,1,15H2,2-4H3/t17-,21-/m1/s1. The van der Waals surface area contributed by atoms with Crippen molar-refractivity contribution in [2.24, 2.45) is 11.0 Å². The van der Waals surface area contributed by atoms with Crippen LogP contribution in [0, 0.1) is 12.8 Å². The van der Waals surface area contributed by atoms with Gasteiger partial charge in [0, 0.05) is 6.42 Å². The van der Waals surface area contributed by atoms with Crippen LogP contribution in [0.2, 0.25) is 0 Å². The molecule has 0 amide bonds. The van der Waals surface area contributed by atoms with Crippen LogP contribution < -0.4 is 0 Å². The molecule has 1 aliphatic rings. The minimum Gasteiger partial charge on any atom is -0.200 e. The lowest BCUT2D eigenvalue weighted by Gasteiger charge is -2.37. The number of rotatable bonds is 5. The van der Waals surface area contributed by atoms with Crippen molar-refractivity contribution < 1.29 is 8.42 Å². The van der Waals surface area contributed by atoms with Gasteiger partial charge in [0.1, 0.15) is 0 Å². The van der Waals surface area contributed by atoms with Gasteiger partial charge >= 0.3 is 0 Å². The number of aryl methyl sites for hydroxylation is 1. The first-order valence-corrected chi connectivity index (χ1v) is 10.1. The molecule has 0 N–H and O–H groups in total. The summed E-state index contributed by atoms with van der Waals surface area (Å²) in [4.78, 5) is 0.253. The van der Waals surface area contributed by atoms with Gasteiger partial charge in [-0.05, 0) is 37.5 Å². The molecule has 0 saturated carbocycles. The van der Waals surface area contributed by atoms with E-state index in [1.54, 1.807) is 30.3 Å². The zero-order chi connectivity index (χ0) is 18.9. The molecule has 2 aromatic rings. The average molecular weight is 369 g/mol. The lowest BCUT2D eigenvalue weighted by atomic mass is 9.83. The smallest absolute Gasteiger partial charge is 0.200 e. The summed E-state index contributed by atoms with van der Waals surface area (Å²) in [5.41, 5.74) is 2.03. The van der Waals surface area contributed by atoms with Crippen LogP contribution in [0.4, 0.5) is 0 Å². The third kappa shape index (κ3) is 3.07. The van der Waals surface area contributed by atoms with Crippen molar-refractivity contribution in [3.63, 3.8) is 0 Å². The molecule has 0 aliphatic carbocycles.